The first-order chi connectivity index (χ1) is 5.59. The van der Waals surface area contributed by atoms with Gasteiger partial charge in [0.05, 0.1) is 0 Å². The molecule has 0 fully saturated rings. The highest BCUT2D eigenvalue weighted by Gasteiger charge is 1.99. The van der Waals surface area contributed by atoms with Crippen molar-refractivity contribution in [3.8, 4) is 0 Å². The first-order valence-electron chi connectivity index (χ1n) is 3.41. The van der Waals surface area contributed by atoms with Crippen LogP contribution in [0.5, 0.6) is 0 Å². The van der Waals surface area contributed by atoms with Crippen molar-refractivity contribution in [2.45, 2.75) is 12.8 Å². The fourth-order valence-electron chi connectivity index (χ4n) is 0.383. The molecule has 0 saturated carbocycles. The maximum absolute atomic E-state index is 10.1. The van der Waals surface area contributed by atoms with Gasteiger partial charge in [0.2, 0.25) is 0 Å². The molecule has 1 N–H and O–H groups in total. The van der Waals surface area contributed by atoms with Crippen molar-refractivity contribution >= 4 is 5.97 Å². The molecule has 0 unspecified atom stereocenters. The topological polar surface area (TPSA) is 37.3 Å². The van der Waals surface area contributed by atoms with Crippen LogP contribution >= 0.6 is 0 Å². The Morgan fingerprint density at radius 2 is 1.92 bits per heavy atom. The number of allylic oxidation sites excluding steroid dienone is 1. The second-order valence-corrected chi connectivity index (χ2v) is 1.99. The van der Waals surface area contributed by atoms with E-state index in [1.54, 1.807) is 6.08 Å². The number of hydrogen-bond donors (Lipinski definition) is 1. The van der Waals surface area contributed by atoms with Gasteiger partial charge in [-0.2, -0.15) is 0 Å². The van der Waals surface area contributed by atoms with E-state index in [0.717, 1.165) is 0 Å². The molecule has 0 aromatic heterocycles. The van der Waals surface area contributed by atoms with Crippen molar-refractivity contribution < 1.29 is 9.90 Å². The highest BCUT2D eigenvalue weighted by atomic mass is 16.4. The molecule has 0 heterocycles. The highest BCUT2D eigenvalue weighted by molar-refractivity contribution is 5.85. The van der Waals surface area contributed by atoms with Gasteiger partial charge in [-0.15, -0.1) is 12.3 Å². The molecule has 0 aliphatic carbocycles. The normalized spacial score (nSPS) is 7.00. The number of carboxylic acids is 1. The Kier molecular flexibility index (Phi) is 10.3. The lowest BCUT2D eigenvalue weighted by Gasteiger charge is -1.93. The molecule has 0 spiro atoms. The van der Waals surface area contributed by atoms with E-state index in [2.05, 4.69) is 32.0 Å². The van der Waals surface area contributed by atoms with Gasteiger partial charge >= 0.3 is 5.97 Å². The summed E-state index contributed by atoms with van der Waals surface area (Å²) < 4.78 is 0. The lowest BCUT2D eigenvalue weighted by atomic mass is 10.2. The maximum atomic E-state index is 10.1. The van der Waals surface area contributed by atoms with Gasteiger partial charge in [-0.3, -0.25) is 0 Å². The van der Waals surface area contributed by atoms with Crippen molar-refractivity contribution in [3.05, 3.63) is 43.7 Å². The van der Waals surface area contributed by atoms with Crippen LogP contribution in [-0.4, -0.2) is 11.1 Å². The van der Waals surface area contributed by atoms with Crippen LogP contribution in [0.2, 0.25) is 0 Å². The lowest BCUT2D eigenvalue weighted by Crippen LogP contribution is -1.97. The molecular weight excluding hydrogens is 152 g/mol. The van der Waals surface area contributed by atoms with Gasteiger partial charge in [0, 0.05) is 5.57 Å². The minimum absolute atomic E-state index is 0.245. The zero-order valence-electron chi connectivity index (χ0n) is 7.18. The van der Waals surface area contributed by atoms with Gasteiger partial charge in [-0.25, -0.2) is 4.79 Å². The molecule has 12 heavy (non-hydrogen) atoms. The minimum Gasteiger partial charge on any atom is -0.478 e. The summed E-state index contributed by atoms with van der Waals surface area (Å²) in [5.41, 5.74) is 2.50. The molecule has 0 aromatic carbocycles. The monoisotopic (exact) mass is 166 g/mol. The minimum atomic E-state index is -0.920. The summed E-state index contributed by atoms with van der Waals surface area (Å²) in [6, 6.07) is 0. The summed E-state index contributed by atoms with van der Waals surface area (Å²) in [6.07, 6.45) is 2.86. The molecule has 0 aliphatic heterocycles. The van der Waals surface area contributed by atoms with E-state index >= 15 is 0 Å². The summed E-state index contributed by atoms with van der Waals surface area (Å²) in [5, 5.41) is 8.27. The zero-order chi connectivity index (χ0) is 9.98. The van der Waals surface area contributed by atoms with E-state index in [1.807, 2.05) is 0 Å². The molecule has 0 aromatic rings. The number of carboxylic acid groups (broad SMARTS) is 1. The summed E-state index contributed by atoms with van der Waals surface area (Å²) in [6.45, 7) is 13.1. The summed E-state index contributed by atoms with van der Waals surface area (Å²) in [7, 11) is 0. The van der Waals surface area contributed by atoms with E-state index in [-0.39, 0.29) is 5.57 Å². The van der Waals surface area contributed by atoms with E-state index < -0.39 is 5.97 Å². The van der Waals surface area contributed by atoms with Crippen LogP contribution < -0.4 is 0 Å². The quantitative estimate of drug-likeness (QED) is 0.396. The third-order valence-electron chi connectivity index (χ3n) is 0.953. The SMILES string of the molecule is C=C=C.C=CCCC(=C)C(=O)O. The number of aliphatic carboxylic acids is 1. The molecule has 2 nitrogen and oxygen atoms in total. The average molecular weight is 166 g/mol. The Bertz CT molecular complexity index is 196. The van der Waals surface area contributed by atoms with Crippen molar-refractivity contribution in [2.75, 3.05) is 0 Å². The summed E-state index contributed by atoms with van der Waals surface area (Å²) >= 11 is 0. The van der Waals surface area contributed by atoms with Crippen molar-refractivity contribution in [1.82, 2.24) is 0 Å². The van der Waals surface area contributed by atoms with Crippen LogP contribution in [0.1, 0.15) is 12.8 Å². The van der Waals surface area contributed by atoms with Crippen LogP contribution in [0.15, 0.2) is 43.7 Å². The first kappa shape index (κ1) is 13.1. The van der Waals surface area contributed by atoms with Gasteiger partial charge in [0.15, 0.2) is 0 Å². The lowest BCUT2D eigenvalue weighted by molar-refractivity contribution is -0.132. The molecule has 66 valence electrons. The van der Waals surface area contributed by atoms with E-state index in [9.17, 15) is 4.79 Å². The fraction of sp³-hybridized carbons (Fsp3) is 0.200. The number of hydrogen-bond acceptors (Lipinski definition) is 1. The third kappa shape index (κ3) is 11.3. The second-order valence-electron chi connectivity index (χ2n) is 1.99. The molecule has 0 bridgehead atoms. The zero-order valence-corrected chi connectivity index (χ0v) is 7.18. The Morgan fingerprint density at radius 3 is 2.17 bits per heavy atom. The van der Waals surface area contributed by atoms with Crippen molar-refractivity contribution in [1.29, 1.82) is 0 Å². The average Bonchev–Trinajstić information content (AvgIpc) is 2.01. The number of rotatable bonds is 4. The fourth-order valence-corrected chi connectivity index (χ4v) is 0.383. The molecule has 2 heteroatoms. The predicted octanol–water partition coefficient (Wildman–Crippen LogP) is 2.55. The molecule has 0 saturated heterocycles. The largest absolute Gasteiger partial charge is 0.478 e. The van der Waals surface area contributed by atoms with Crippen molar-refractivity contribution in [2.24, 2.45) is 0 Å². The van der Waals surface area contributed by atoms with Crippen LogP contribution in [0.25, 0.3) is 0 Å². The van der Waals surface area contributed by atoms with Crippen LogP contribution in [-0.2, 0) is 4.79 Å². The Labute approximate surface area is 73.2 Å². The van der Waals surface area contributed by atoms with E-state index in [4.69, 9.17) is 5.11 Å². The third-order valence-corrected chi connectivity index (χ3v) is 0.953. The van der Waals surface area contributed by atoms with E-state index in [0.29, 0.717) is 12.8 Å². The Morgan fingerprint density at radius 1 is 1.50 bits per heavy atom. The Balaban J connectivity index is 0. The second kappa shape index (κ2) is 9.47. The predicted molar refractivity (Wildman–Crippen MR) is 51.0 cm³/mol. The summed E-state index contributed by atoms with van der Waals surface area (Å²) in [4.78, 5) is 10.1. The van der Waals surface area contributed by atoms with Crippen LogP contribution in [0, 0.1) is 0 Å². The molecule has 0 radical (unpaired) electrons. The maximum Gasteiger partial charge on any atom is 0.330 e. The van der Waals surface area contributed by atoms with Gasteiger partial charge in [0.1, 0.15) is 0 Å². The molecule has 0 rings (SSSR count). The van der Waals surface area contributed by atoms with E-state index in [1.165, 1.54) is 0 Å². The molecule has 0 atom stereocenters. The highest BCUT2D eigenvalue weighted by Crippen LogP contribution is 2.01. The smallest absolute Gasteiger partial charge is 0.330 e. The van der Waals surface area contributed by atoms with Gasteiger partial charge in [-0.1, -0.05) is 25.8 Å². The first-order valence-corrected chi connectivity index (χ1v) is 3.41. The number of carbonyl (C=O) groups is 1. The molecule has 0 amide bonds. The molecular formula is C10H14O2. The van der Waals surface area contributed by atoms with Gasteiger partial charge in [0.25, 0.3) is 0 Å². The Hall–Kier alpha value is -1.53. The van der Waals surface area contributed by atoms with Crippen LogP contribution in [0.4, 0.5) is 0 Å². The van der Waals surface area contributed by atoms with Gasteiger partial charge in [-0.05, 0) is 12.8 Å². The summed E-state index contributed by atoms with van der Waals surface area (Å²) in [5.74, 6) is -0.920. The molecule has 0 aliphatic rings. The van der Waals surface area contributed by atoms with Crippen LogP contribution in [0.3, 0.4) is 0 Å². The van der Waals surface area contributed by atoms with Crippen molar-refractivity contribution in [3.63, 3.8) is 0 Å². The van der Waals surface area contributed by atoms with Gasteiger partial charge < -0.3 is 5.11 Å². The standard InChI is InChI=1S/C7H10O2.C3H4/c1-3-4-5-6(2)7(8)9;1-3-2/h3H,1-2,4-5H2,(H,8,9);1-2H2.